The Labute approximate surface area is 152 Å². The summed E-state index contributed by atoms with van der Waals surface area (Å²) in [5.41, 5.74) is 14.7. The van der Waals surface area contributed by atoms with Gasteiger partial charge in [-0.1, -0.05) is 66.7 Å². The van der Waals surface area contributed by atoms with Gasteiger partial charge in [0.15, 0.2) is 0 Å². The molecule has 0 saturated heterocycles. The van der Waals surface area contributed by atoms with Gasteiger partial charge in [-0.2, -0.15) is 5.10 Å². The molecule has 0 fully saturated rings. The highest BCUT2D eigenvalue weighted by atomic mass is 16.5. The summed E-state index contributed by atoms with van der Waals surface area (Å²) >= 11 is 0. The number of benzene rings is 3. The first-order chi connectivity index (χ1) is 12.7. The van der Waals surface area contributed by atoms with Crippen LogP contribution in [-0.4, -0.2) is 12.2 Å². The van der Waals surface area contributed by atoms with E-state index in [-0.39, 0.29) is 5.96 Å². The molecule has 5 heteroatoms. The molecule has 0 aliphatic rings. The van der Waals surface area contributed by atoms with E-state index in [2.05, 4.69) is 10.2 Å². The van der Waals surface area contributed by atoms with Crippen molar-refractivity contribution in [3.05, 3.63) is 90.0 Å². The van der Waals surface area contributed by atoms with Gasteiger partial charge >= 0.3 is 0 Å². The van der Waals surface area contributed by atoms with Crippen molar-refractivity contribution in [3.63, 3.8) is 0 Å². The first-order valence-electron chi connectivity index (χ1n) is 8.20. The lowest BCUT2D eigenvalue weighted by atomic mass is 10.0. The number of hydrogen-bond donors (Lipinski definition) is 2. The van der Waals surface area contributed by atoms with E-state index in [9.17, 15) is 0 Å². The molecule has 0 aliphatic heterocycles. The first-order valence-corrected chi connectivity index (χ1v) is 8.20. The Bertz CT molecular complexity index is 899. The van der Waals surface area contributed by atoms with Crippen molar-refractivity contribution in [3.8, 4) is 16.9 Å². The molecule has 0 bridgehead atoms. The van der Waals surface area contributed by atoms with Crippen molar-refractivity contribution in [2.75, 3.05) is 0 Å². The Morgan fingerprint density at radius 1 is 0.846 bits per heavy atom. The molecule has 5 nitrogen and oxygen atoms in total. The van der Waals surface area contributed by atoms with Crippen LogP contribution in [0, 0.1) is 0 Å². The van der Waals surface area contributed by atoms with Crippen LogP contribution in [0.25, 0.3) is 11.1 Å². The van der Waals surface area contributed by atoms with Crippen LogP contribution in [0.15, 0.2) is 89.1 Å². The van der Waals surface area contributed by atoms with E-state index in [1.165, 1.54) is 0 Å². The Morgan fingerprint density at radius 2 is 1.54 bits per heavy atom. The summed E-state index contributed by atoms with van der Waals surface area (Å²) in [6, 6.07) is 26.0. The Morgan fingerprint density at radius 3 is 2.27 bits per heavy atom. The topological polar surface area (TPSA) is 86.0 Å². The van der Waals surface area contributed by atoms with E-state index in [0.29, 0.717) is 6.61 Å². The fraction of sp³-hybridized carbons (Fsp3) is 0.0476. The summed E-state index contributed by atoms with van der Waals surface area (Å²) in [7, 11) is 0. The van der Waals surface area contributed by atoms with Gasteiger partial charge in [-0.3, -0.25) is 0 Å². The van der Waals surface area contributed by atoms with Crippen molar-refractivity contribution in [2.45, 2.75) is 6.61 Å². The molecule has 0 spiro atoms. The van der Waals surface area contributed by atoms with Crippen LogP contribution < -0.4 is 16.2 Å². The molecule has 4 N–H and O–H groups in total. The zero-order valence-electron chi connectivity index (χ0n) is 14.2. The second-order valence-corrected chi connectivity index (χ2v) is 5.66. The number of nitrogens with two attached hydrogens (primary N) is 2. The van der Waals surface area contributed by atoms with Crippen molar-refractivity contribution in [1.82, 2.24) is 0 Å². The van der Waals surface area contributed by atoms with Crippen LogP contribution in [0.2, 0.25) is 0 Å². The lowest BCUT2D eigenvalue weighted by Crippen LogP contribution is -2.21. The van der Waals surface area contributed by atoms with Crippen LogP contribution in [0.4, 0.5) is 0 Å². The minimum Gasteiger partial charge on any atom is -0.489 e. The summed E-state index contributed by atoms with van der Waals surface area (Å²) in [6.45, 7) is 0.544. The van der Waals surface area contributed by atoms with Crippen molar-refractivity contribution in [2.24, 2.45) is 21.7 Å². The Hall–Kier alpha value is -3.60. The van der Waals surface area contributed by atoms with E-state index in [4.69, 9.17) is 16.2 Å². The van der Waals surface area contributed by atoms with E-state index < -0.39 is 0 Å². The number of ether oxygens (including phenoxy) is 1. The Kier molecular flexibility index (Phi) is 5.62. The van der Waals surface area contributed by atoms with Crippen molar-refractivity contribution >= 4 is 12.2 Å². The highest BCUT2D eigenvalue weighted by molar-refractivity contribution is 5.90. The molecule has 130 valence electrons. The van der Waals surface area contributed by atoms with E-state index in [0.717, 1.165) is 28.0 Å². The van der Waals surface area contributed by atoms with Crippen LogP contribution in [0.5, 0.6) is 5.75 Å². The maximum absolute atomic E-state index is 5.83. The number of guanidine groups is 1. The molecule has 0 saturated carbocycles. The van der Waals surface area contributed by atoms with Gasteiger partial charge in [-0.05, 0) is 28.8 Å². The summed E-state index contributed by atoms with van der Waals surface area (Å²) in [5.74, 6) is 0.753. The Balaban J connectivity index is 1.74. The molecule has 0 radical (unpaired) electrons. The average molecular weight is 344 g/mol. The van der Waals surface area contributed by atoms with Gasteiger partial charge in [0.1, 0.15) is 12.4 Å². The fourth-order valence-electron chi connectivity index (χ4n) is 2.50. The third-order valence-electron chi connectivity index (χ3n) is 3.74. The summed E-state index contributed by atoms with van der Waals surface area (Å²) in [5, 5.41) is 7.54. The van der Waals surface area contributed by atoms with Gasteiger partial charge in [0.2, 0.25) is 5.96 Å². The second kappa shape index (κ2) is 8.48. The molecular weight excluding hydrogens is 324 g/mol. The monoisotopic (exact) mass is 344 g/mol. The molecule has 26 heavy (non-hydrogen) atoms. The van der Waals surface area contributed by atoms with Crippen molar-refractivity contribution in [1.29, 1.82) is 0 Å². The molecule has 0 aliphatic carbocycles. The summed E-state index contributed by atoms with van der Waals surface area (Å²) in [4.78, 5) is 0. The zero-order valence-corrected chi connectivity index (χ0v) is 14.2. The third kappa shape index (κ3) is 4.70. The van der Waals surface area contributed by atoms with E-state index in [1.807, 2.05) is 78.9 Å². The fourth-order valence-corrected chi connectivity index (χ4v) is 2.50. The van der Waals surface area contributed by atoms with Gasteiger partial charge in [0, 0.05) is 5.56 Å². The van der Waals surface area contributed by atoms with Crippen LogP contribution in [-0.2, 0) is 6.61 Å². The van der Waals surface area contributed by atoms with E-state index >= 15 is 0 Å². The minimum atomic E-state index is -0.0707. The van der Waals surface area contributed by atoms with Gasteiger partial charge in [-0.15, -0.1) is 5.10 Å². The molecule has 3 rings (SSSR count). The smallest absolute Gasteiger partial charge is 0.211 e. The van der Waals surface area contributed by atoms with E-state index in [1.54, 1.807) is 6.21 Å². The SMILES string of the molecule is NC(N)=NN=Cc1ccccc1-c1ccc(OCc2ccccc2)cc1. The highest BCUT2D eigenvalue weighted by Crippen LogP contribution is 2.25. The molecule has 0 atom stereocenters. The first kappa shape index (κ1) is 17.2. The van der Waals surface area contributed by atoms with Gasteiger partial charge in [0.05, 0.1) is 6.21 Å². The predicted octanol–water partition coefficient (Wildman–Crippen LogP) is 3.54. The molecule has 3 aromatic carbocycles. The zero-order chi connectivity index (χ0) is 18.2. The van der Waals surface area contributed by atoms with Crippen LogP contribution in [0.3, 0.4) is 0 Å². The standard InChI is InChI=1S/C21H20N4O/c22-21(23)25-24-14-18-8-4-5-9-20(18)17-10-12-19(13-11-17)26-15-16-6-2-1-3-7-16/h1-14H,15H2,(H4,22,23,25). The highest BCUT2D eigenvalue weighted by Gasteiger charge is 2.04. The maximum atomic E-state index is 5.83. The number of rotatable bonds is 6. The summed E-state index contributed by atoms with van der Waals surface area (Å²) in [6.07, 6.45) is 1.63. The number of hydrogen-bond acceptors (Lipinski definition) is 3. The lowest BCUT2D eigenvalue weighted by Gasteiger charge is -2.09. The quantitative estimate of drug-likeness (QED) is 0.407. The normalized spacial score (nSPS) is 10.6. The summed E-state index contributed by atoms with van der Waals surface area (Å²) < 4.78 is 5.83. The molecule has 3 aromatic rings. The van der Waals surface area contributed by atoms with Crippen LogP contribution >= 0.6 is 0 Å². The van der Waals surface area contributed by atoms with Gasteiger partial charge < -0.3 is 16.2 Å². The minimum absolute atomic E-state index is 0.0707. The van der Waals surface area contributed by atoms with Gasteiger partial charge in [-0.25, -0.2) is 0 Å². The van der Waals surface area contributed by atoms with Gasteiger partial charge in [0.25, 0.3) is 0 Å². The molecule has 0 unspecified atom stereocenters. The molecule has 0 heterocycles. The predicted molar refractivity (Wildman–Crippen MR) is 106 cm³/mol. The second-order valence-electron chi connectivity index (χ2n) is 5.66. The van der Waals surface area contributed by atoms with Crippen LogP contribution in [0.1, 0.15) is 11.1 Å². The number of nitrogens with zero attached hydrogens (tertiary/aromatic N) is 2. The third-order valence-corrected chi connectivity index (χ3v) is 3.74. The molecule has 0 aromatic heterocycles. The largest absolute Gasteiger partial charge is 0.489 e. The maximum Gasteiger partial charge on any atom is 0.211 e. The molecular formula is C21H20N4O. The molecule has 0 amide bonds. The van der Waals surface area contributed by atoms with Crippen molar-refractivity contribution < 1.29 is 4.74 Å². The average Bonchev–Trinajstić information content (AvgIpc) is 2.68. The lowest BCUT2D eigenvalue weighted by molar-refractivity contribution is 0.306.